The van der Waals surface area contributed by atoms with E-state index in [0.29, 0.717) is 23.7 Å². The van der Waals surface area contributed by atoms with Crippen LogP contribution in [0.4, 0.5) is 0 Å². The number of aliphatic hydroxyl groups is 1. The smallest absolute Gasteiger partial charge is 0.129 e. The first-order valence-corrected chi connectivity index (χ1v) is 12.9. The molecule has 30 heavy (non-hydrogen) atoms. The highest BCUT2D eigenvalue weighted by Crippen LogP contribution is 2.68. The summed E-state index contributed by atoms with van der Waals surface area (Å²) in [6.07, 6.45) is 15.9. The van der Waals surface area contributed by atoms with Gasteiger partial charge in [0.1, 0.15) is 5.60 Å². The highest BCUT2D eigenvalue weighted by atomic mass is 17.1. The largest absolute Gasteiger partial charge is 0.393 e. The van der Waals surface area contributed by atoms with Crippen LogP contribution in [-0.4, -0.2) is 22.1 Å². The predicted molar refractivity (Wildman–Crippen MR) is 122 cm³/mol. The summed E-state index contributed by atoms with van der Waals surface area (Å²) in [6.45, 7) is 12.1. The lowest BCUT2D eigenvalue weighted by Crippen LogP contribution is -2.61. The van der Waals surface area contributed by atoms with E-state index in [2.05, 4.69) is 46.8 Å². The number of fused-ring (bicyclic) bond motifs is 5. The van der Waals surface area contributed by atoms with Gasteiger partial charge in [0.2, 0.25) is 0 Å². The van der Waals surface area contributed by atoms with Crippen LogP contribution < -0.4 is 0 Å². The Kier molecular flexibility index (Phi) is 6.23. The van der Waals surface area contributed by atoms with Crippen LogP contribution in [0.25, 0.3) is 0 Å². The fraction of sp³-hybridized carbons (Fsp3) is 0.926. The lowest BCUT2D eigenvalue weighted by atomic mass is 9.45. The number of allylic oxidation sites excluding steroid dienone is 1. The molecule has 172 valence electrons. The molecule has 3 nitrogen and oxygen atoms in total. The second-order valence-electron chi connectivity index (χ2n) is 12.5. The Hall–Kier alpha value is -0.380. The average molecular weight is 419 g/mol. The van der Waals surface area contributed by atoms with Crippen molar-refractivity contribution in [1.29, 1.82) is 0 Å². The van der Waals surface area contributed by atoms with E-state index >= 15 is 0 Å². The zero-order valence-electron chi connectivity index (χ0n) is 20.1. The summed E-state index contributed by atoms with van der Waals surface area (Å²) in [6, 6.07) is 0. The van der Waals surface area contributed by atoms with Crippen LogP contribution in [-0.2, 0) is 4.89 Å². The van der Waals surface area contributed by atoms with Crippen molar-refractivity contribution >= 4 is 0 Å². The fourth-order valence-electron chi connectivity index (χ4n) is 8.79. The Morgan fingerprint density at radius 3 is 2.47 bits per heavy atom. The van der Waals surface area contributed by atoms with Gasteiger partial charge in [-0.15, -0.1) is 0 Å². The minimum Gasteiger partial charge on any atom is -0.393 e. The second-order valence-corrected chi connectivity index (χ2v) is 12.5. The average Bonchev–Trinajstić information content (AvgIpc) is 3.05. The molecule has 0 saturated heterocycles. The molecule has 0 heterocycles. The van der Waals surface area contributed by atoms with Gasteiger partial charge in [-0.05, 0) is 79.4 Å². The third-order valence-corrected chi connectivity index (χ3v) is 10.6. The van der Waals surface area contributed by atoms with Gasteiger partial charge < -0.3 is 5.11 Å². The van der Waals surface area contributed by atoms with Crippen molar-refractivity contribution < 1.29 is 15.3 Å². The Bertz CT molecular complexity index is 644. The molecule has 3 saturated carbocycles. The van der Waals surface area contributed by atoms with Gasteiger partial charge in [0, 0.05) is 11.8 Å². The molecule has 3 heteroatoms. The number of hydrogen-bond donors (Lipinski definition) is 2. The molecule has 0 aromatic carbocycles. The molecule has 0 aromatic heterocycles. The molecular formula is C27H46O3. The van der Waals surface area contributed by atoms with Crippen molar-refractivity contribution in [3.63, 3.8) is 0 Å². The summed E-state index contributed by atoms with van der Waals surface area (Å²) in [5.41, 5.74) is -0.336. The lowest BCUT2D eigenvalue weighted by molar-refractivity contribution is -0.361. The van der Waals surface area contributed by atoms with E-state index in [1.54, 1.807) is 0 Å². The zero-order valence-corrected chi connectivity index (χ0v) is 20.1. The maximum atomic E-state index is 10.3. The molecule has 3 fully saturated rings. The summed E-state index contributed by atoms with van der Waals surface area (Å²) in [5, 5.41) is 20.3. The minimum atomic E-state index is -0.707. The quantitative estimate of drug-likeness (QED) is 0.281. The molecule has 4 aliphatic rings. The van der Waals surface area contributed by atoms with E-state index in [1.165, 1.54) is 44.9 Å². The summed E-state index contributed by atoms with van der Waals surface area (Å²) < 4.78 is 0. The molecular weight excluding hydrogens is 372 g/mol. The van der Waals surface area contributed by atoms with Crippen LogP contribution in [0.2, 0.25) is 0 Å². The van der Waals surface area contributed by atoms with E-state index in [9.17, 15) is 10.4 Å². The molecule has 4 rings (SSSR count). The van der Waals surface area contributed by atoms with E-state index in [1.807, 2.05) is 0 Å². The molecule has 1 unspecified atom stereocenters. The van der Waals surface area contributed by atoms with Crippen LogP contribution in [0.1, 0.15) is 98.8 Å². The first-order valence-electron chi connectivity index (χ1n) is 12.9. The Morgan fingerprint density at radius 1 is 1.00 bits per heavy atom. The first kappa shape index (κ1) is 22.8. The fourth-order valence-corrected chi connectivity index (χ4v) is 8.79. The second kappa shape index (κ2) is 8.19. The van der Waals surface area contributed by atoms with Crippen LogP contribution in [0.5, 0.6) is 0 Å². The third-order valence-electron chi connectivity index (χ3n) is 10.6. The summed E-state index contributed by atoms with van der Waals surface area (Å²) >= 11 is 0. The topological polar surface area (TPSA) is 49.7 Å². The van der Waals surface area contributed by atoms with E-state index < -0.39 is 5.60 Å². The van der Waals surface area contributed by atoms with E-state index in [0.717, 1.165) is 36.5 Å². The number of rotatable bonds is 6. The lowest BCUT2D eigenvalue weighted by Gasteiger charge is -2.62. The predicted octanol–water partition coefficient (Wildman–Crippen LogP) is 6.86. The summed E-state index contributed by atoms with van der Waals surface area (Å²) in [4.78, 5) is 5.22. The zero-order chi connectivity index (χ0) is 21.7. The number of hydrogen-bond acceptors (Lipinski definition) is 3. The van der Waals surface area contributed by atoms with Crippen LogP contribution in [0.15, 0.2) is 12.2 Å². The van der Waals surface area contributed by atoms with Crippen molar-refractivity contribution in [3.8, 4) is 0 Å². The third kappa shape index (κ3) is 3.42. The standard InChI is InChI=1S/C27H46O3/c1-18(2)7-6-8-19(3)22-9-10-23-21-12-16-27(30-29)17-20(28)11-15-26(27,5)24(21)13-14-25(22,23)4/h12,16,18-24,28-29H,6-11,13-15,17H2,1-5H3/t19-,20+,21+,22-,23+,24+,25-,26-,27?/m1/s1. The van der Waals surface area contributed by atoms with Gasteiger partial charge in [-0.25, -0.2) is 4.89 Å². The minimum absolute atomic E-state index is 0.0807. The van der Waals surface area contributed by atoms with Crippen LogP contribution in [0.3, 0.4) is 0 Å². The van der Waals surface area contributed by atoms with Crippen LogP contribution in [0, 0.1) is 46.3 Å². The Morgan fingerprint density at radius 2 is 1.77 bits per heavy atom. The maximum absolute atomic E-state index is 10.3. The van der Waals surface area contributed by atoms with Crippen molar-refractivity contribution in [3.05, 3.63) is 12.2 Å². The highest BCUT2D eigenvalue weighted by molar-refractivity contribution is 5.25. The van der Waals surface area contributed by atoms with E-state index in [4.69, 9.17) is 4.89 Å². The monoisotopic (exact) mass is 418 g/mol. The first-order chi connectivity index (χ1) is 14.2. The van der Waals surface area contributed by atoms with Crippen molar-refractivity contribution in [2.75, 3.05) is 0 Å². The molecule has 0 aliphatic heterocycles. The summed E-state index contributed by atoms with van der Waals surface area (Å²) in [7, 11) is 0. The SMILES string of the molecule is CC(C)CCC[C@@H](C)[C@H]1CC[C@H]2[C@@H]3C=CC4(OO)C[C@@H](O)CC[C@]4(C)[C@H]3CC[C@]12C. The van der Waals surface area contributed by atoms with Gasteiger partial charge in [0.25, 0.3) is 0 Å². The van der Waals surface area contributed by atoms with Gasteiger partial charge >= 0.3 is 0 Å². The van der Waals surface area contributed by atoms with Gasteiger partial charge in [0.15, 0.2) is 0 Å². The van der Waals surface area contributed by atoms with Crippen molar-refractivity contribution in [1.82, 2.24) is 0 Å². The van der Waals surface area contributed by atoms with Crippen LogP contribution >= 0.6 is 0 Å². The molecule has 2 N–H and O–H groups in total. The van der Waals surface area contributed by atoms with Gasteiger partial charge in [-0.3, -0.25) is 5.26 Å². The number of aliphatic hydroxyl groups excluding tert-OH is 1. The normalized spacial score (nSPS) is 48.9. The molecule has 0 spiro atoms. The molecule has 0 radical (unpaired) electrons. The molecule has 9 atom stereocenters. The van der Waals surface area contributed by atoms with Crippen molar-refractivity contribution in [2.24, 2.45) is 46.3 Å². The van der Waals surface area contributed by atoms with E-state index in [-0.39, 0.29) is 11.5 Å². The molecule has 0 bridgehead atoms. The van der Waals surface area contributed by atoms with Gasteiger partial charge in [-0.2, -0.15) is 0 Å². The summed E-state index contributed by atoms with van der Waals surface area (Å²) in [5.74, 6) is 4.39. The Labute approximate surface area is 184 Å². The van der Waals surface area contributed by atoms with Gasteiger partial charge in [-0.1, -0.05) is 66.0 Å². The molecule has 0 aromatic rings. The highest BCUT2D eigenvalue weighted by Gasteiger charge is 2.64. The maximum Gasteiger partial charge on any atom is 0.129 e. The Balaban J connectivity index is 1.55. The molecule has 4 aliphatic carbocycles. The van der Waals surface area contributed by atoms with Gasteiger partial charge in [0.05, 0.1) is 6.10 Å². The molecule has 0 amide bonds. The van der Waals surface area contributed by atoms with Crippen molar-refractivity contribution in [2.45, 2.75) is 111 Å².